The third-order valence-corrected chi connectivity index (χ3v) is 13.3. The van der Waals surface area contributed by atoms with E-state index in [2.05, 4.69) is 104 Å². The number of nitrogens with zero attached hydrogens (tertiary/aromatic N) is 1. The van der Waals surface area contributed by atoms with Gasteiger partial charge in [0.2, 0.25) is 5.91 Å². The van der Waals surface area contributed by atoms with Gasteiger partial charge in [-0.2, -0.15) is 0 Å². The van der Waals surface area contributed by atoms with Crippen molar-refractivity contribution in [3.63, 3.8) is 0 Å². The van der Waals surface area contributed by atoms with Crippen molar-refractivity contribution in [3.8, 4) is 0 Å². The molecule has 0 bridgehead atoms. The van der Waals surface area contributed by atoms with E-state index in [4.69, 9.17) is 9.05 Å². The number of amides is 1. The second-order valence-electron chi connectivity index (χ2n) is 20.3. The molecule has 0 rings (SSSR count). The minimum Gasteiger partial charge on any atom is -0.756 e. The Kier molecular flexibility index (Phi) is 49.4. The lowest BCUT2D eigenvalue weighted by Crippen LogP contribution is -2.45. The van der Waals surface area contributed by atoms with Crippen LogP contribution in [0.4, 0.5) is 0 Å². The van der Waals surface area contributed by atoms with Crippen molar-refractivity contribution in [3.05, 3.63) is 97.2 Å². The van der Waals surface area contributed by atoms with Crippen LogP contribution in [0.1, 0.15) is 232 Å². The third-order valence-electron chi connectivity index (χ3n) is 12.3. The lowest BCUT2D eigenvalue weighted by atomic mass is 10.0. The zero-order valence-electron chi connectivity index (χ0n) is 45.9. The van der Waals surface area contributed by atoms with Gasteiger partial charge in [0.25, 0.3) is 7.82 Å². The summed E-state index contributed by atoms with van der Waals surface area (Å²) in [6.45, 7) is 4.51. The van der Waals surface area contributed by atoms with E-state index in [-0.39, 0.29) is 12.5 Å². The van der Waals surface area contributed by atoms with Crippen LogP contribution in [0.2, 0.25) is 0 Å². The van der Waals surface area contributed by atoms with Gasteiger partial charge in [0.1, 0.15) is 13.2 Å². The Morgan fingerprint density at radius 1 is 0.514 bits per heavy atom. The first-order valence-corrected chi connectivity index (χ1v) is 30.1. The quantitative estimate of drug-likeness (QED) is 0.0272. The second kappa shape index (κ2) is 51.3. The Bertz CT molecular complexity index is 1460. The number of carbonyl (C=O) groups excluding carboxylic acids is 1. The Hall–Kier alpha value is -2.58. The second-order valence-corrected chi connectivity index (χ2v) is 21.7. The Morgan fingerprint density at radius 2 is 0.871 bits per heavy atom. The van der Waals surface area contributed by atoms with Gasteiger partial charge in [0, 0.05) is 6.42 Å². The molecule has 0 radical (unpaired) electrons. The highest BCUT2D eigenvalue weighted by Crippen LogP contribution is 2.38. The van der Waals surface area contributed by atoms with E-state index < -0.39 is 26.6 Å². The first kappa shape index (κ1) is 67.4. The van der Waals surface area contributed by atoms with Crippen LogP contribution >= 0.6 is 7.82 Å². The molecule has 9 heteroatoms. The van der Waals surface area contributed by atoms with Crippen molar-refractivity contribution in [1.29, 1.82) is 0 Å². The maximum absolute atomic E-state index is 13.0. The molecule has 0 aromatic heterocycles. The van der Waals surface area contributed by atoms with Crippen molar-refractivity contribution >= 4 is 13.7 Å². The van der Waals surface area contributed by atoms with Gasteiger partial charge >= 0.3 is 0 Å². The lowest BCUT2D eigenvalue weighted by molar-refractivity contribution is -0.870. The molecule has 0 aliphatic heterocycles. The molecule has 70 heavy (non-hydrogen) atoms. The van der Waals surface area contributed by atoms with E-state index in [0.29, 0.717) is 23.9 Å². The highest BCUT2D eigenvalue weighted by atomic mass is 31.2. The topological polar surface area (TPSA) is 108 Å². The van der Waals surface area contributed by atoms with Crippen molar-refractivity contribution < 1.29 is 32.9 Å². The molecule has 0 heterocycles. The van der Waals surface area contributed by atoms with Gasteiger partial charge in [0.05, 0.1) is 39.9 Å². The van der Waals surface area contributed by atoms with Gasteiger partial charge in [-0.15, -0.1) is 0 Å². The number of rotatable bonds is 51. The first-order chi connectivity index (χ1) is 34.0. The number of quaternary nitrogens is 1. The molecule has 0 aliphatic rings. The van der Waals surface area contributed by atoms with Crippen LogP contribution in [-0.2, 0) is 18.4 Å². The fraction of sp³-hybridized carbons (Fsp3) is 0.721. The summed E-state index contributed by atoms with van der Waals surface area (Å²) < 4.78 is 23.3. The average molecular weight is 998 g/mol. The predicted molar refractivity (Wildman–Crippen MR) is 302 cm³/mol. The summed E-state index contributed by atoms with van der Waals surface area (Å²) >= 11 is 0. The number of unbranched alkanes of at least 4 members (excludes halogenated alkanes) is 24. The molecule has 3 unspecified atom stereocenters. The molecular formula is C61H109N2O6P. The van der Waals surface area contributed by atoms with E-state index in [1.54, 1.807) is 6.08 Å². The molecule has 8 nitrogen and oxygen atoms in total. The maximum atomic E-state index is 13.0. The monoisotopic (exact) mass is 997 g/mol. The fourth-order valence-electron chi connectivity index (χ4n) is 7.84. The Morgan fingerprint density at radius 3 is 1.27 bits per heavy atom. The van der Waals surface area contributed by atoms with Crippen LogP contribution in [0.15, 0.2) is 97.2 Å². The van der Waals surface area contributed by atoms with Gasteiger partial charge in [-0.25, -0.2) is 0 Å². The Balaban J connectivity index is 4.34. The molecule has 3 atom stereocenters. The number of nitrogens with one attached hydrogen (secondary N) is 1. The molecule has 0 aromatic carbocycles. The van der Waals surface area contributed by atoms with Crippen LogP contribution in [0.3, 0.4) is 0 Å². The smallest absolute Gasteiger partial charge is 0.268 e. The van der Waals surface area contributed by atoms with Crippen LogP contribution in [0.25, 0.3) is 0 Å². The zero-order valence-corrected chi connectivity index (χ0v) is 46.8. The third kappa shape index (κ3) is 53.2. The number of phosphoric ester groups is 1. The number of phosphoric acid groups is 1. The lowest BCUT2D eigenvalue weighted by Gasteiger charge is -2.29. The summed E-state index contributed by atoms with van der Waals surface area (Å²) in [5, 5.41) is 13.9. The van der Waals surface area contributed by atoms with Gasteiger partial charge in [0.15, 0.2) is 0 Å². The standard InChI is InChI=1S/C61H109N2O6P/c1-6-8-10-12-14-16-18-20-22-24-26-28-30-31-33-35-37-39-41-43-45-47-49-51-53-55-61(65)62-59(58-69-70(66,67)68-57-56-63(3,4)5)60(64)54-52-50-48-46-44-42-40-38-36-34-32-29-27-25-23-21-19-17-15-13-11-9-7-2/h8,10,14,16,20,22,26,28,31,33,37,39,43,45,52,54,59-60,64H,6-7,9,11-13,15,17-19,21,23-25,27,29-30,32,34-36,38,40-42,44,46-51,53,55-58H2,1-5H3,(H-,62,65,66,67)/b10-8-,16-14-,22-20-,28-26-,33-31-,39-37-,45-43-,54-52+. The molecule has 0 fully saturated rings. The van der Waals surface area contributed by atoms with Crippen LogP contribution < -0.4 is 10.2 Å². The number of aliphatic hydroxyl groups excluding tert-OH is 1. The summed E-state index contributed by atoms with van der Waals surface area (Å²) in [6, 6.07) is -0.912. The largest absolute Gasteiger partial charge is 0.756 e. The number of aliphatic hydroxyl groups is 1. The van der Waals surface area contributed by atoms with Crippen LogP contribution in [0.5, 0.6) is 0 Å². The highest BCUT2D eigenvalue weighted by molar-refractivity contribution is 7.45. The van der Waals surface area contributed by atoms with E-state index in [9.17, 15) is 19.4 Å². The summed E-state index contributed by atoms with van der Waals surface area (Å²) in [4.78, 5) is 25.5. The van der Waals surface area contributed by atoms with Gasteiger partial charge in [-0.3, -0.25) is 9.36 Å². The summed E-state index contributed by atoms with van der Waals surface area (Å²) in [5.74, 6) is -0.231. The van der Waals surface area contributed by atoms with Gasteiger partial charge in [-0.05, 0) is 77.0 Å². The van der Waals surface area contributed by atoms with Crippen LogP contribution in [0, 0.1) is 0 Å². The maximum Gasteiger partial charge on any atom is 0.268 e. The molecular weight excluding hydrogens is 888 g/mol. The fourth-order valence-corrected chi connectivity index (χ4v) is 8.56. The molecule has 0 spiro atoms. The molecule has 0 aliphatic carbocycles. The minimum absolute atomic E-state index is 0.0129. The first-order valence-electron chi connectivity index (χ1n) is 28.6. The van der Waals surface area contributed by atoms with Crippen LogP contribution in [-0.4, -0.2) is 68.5 Å². The van der Waals surface area contributed by atoms with E-state index in [1.165, 1.54) is 122 Å². The SMILES string of the molecule is CC/C=C\C/C=C\C/C=C\C/C=C\C/C=C\C/C=C\C/C=C\CCCCCC(=O)NC(COP(=O)([O-])OCC[N+](C)(C)C)C(O)/C=C/CCCCCCCCCCCCCCCCCCCCCCC. The van der Waals surface area contributed by atoms with Crippen molar-refractivity contribution in [1.82, 2.24) is 5.32 Å². The van der Waals surface area contributed by atoms with Crippen molar-refractivity contribution in [2.24, 2.45) is 0 Å². The summed E-state index contributed by atoms with van der Waals surface area (Å²) in [6.07, 6.45) is 73.3. The van der Waals surface area contributed by atoms with E-state index in [0.717, 1.165) is 83.5 Å². The molecule has 404 valence electrons. The Labute approximate surface area is 432 Å². The molecule has 0 saturated heterocycles. The number of hydrogen-bond acceptors (Lipinski definition) is 6. The number of carbonyl (C=O) groups is 1. The van der Waals surface area contributed by atoms with Gasteiger partial charge < -0.3 is 28.8 Å². The number of likely N-dealkylation sites (N-methyl/N-ethyl adjacent to an activating group) is 1. The van der Waals surface area contributed by atoms with Crippen molar-refractivity contribution in [2.45, 2.75) is 244 Å². The van der Waals surface area contributed by atoms with E-state index in [1.807, 2.05) is 27.2 Å². The number of allylic oxidation sites excluding steroid dienone is 15. The van der Waals surface area contributed by atoms with E-state index >= 15 is 0 Å². The molecule has 0 saturated carbocycles. The summed E-state index contributed by atoms with van der Waals surface area (Å²) in [5.41, 5.74) is 0. The number of hydrogen-bond donors (Lipinski definition) is 2. The molecule has 0 aromatic rings. The van der Waals surface area contributed by atoms with Crippen molar-refractivity contribution in [2.75, 3.05) is 40.9 Å². The summed E-state index contributed by atoms with van der Waals surface area (Å²) in [7, 11) is 1.23. The zero-order chi connectivity index (χ0) is 51.3. The highest BCUT2D eigenvalue weighted by Gasteiger charge is 2.23. The molecule has 2 N–H and O–H groups in total. The predicted octanol–water partition coefficient (Wildman–Crippen LogP) is 16.8. The normalized spacial score (nSPS) is 14.7. The minimum atomic E-state index is -4.61. The van der Waals surface area contributed by atoms with Gasteiger partial charge in [-0.1, -0.05) is 246 Å². The average Bonchev–Trinajstić information content (AvgIpc) is 3.32. The molecule has 1 amide bonds.